The van der Waals surface area contributed by atoms with Gasteiger partial charge in [0.05, 0.1) is 16.4 Å². The monoisotopic (exact) mass is 231 g/mol. The molecule has 1 atom stereocenters. The Morgan fingerprint density at radius 2 is 2.33 bits per heavy atom. The van der Waals surface area contributed by atoms with Crippen LogP contribution in [0.4, 0.5) is 0 Å². The fraction of sp³-hybridized carbons (Fsp3) is 0.556. The van der Waals surface area contributed by atoms with Crippen molar-refractivity contribution >= 4 is 17.6 Å². The van der Waals surface area contributed by atoms with Gasteiger partial charge in [-0.05, 0) is 13.8 Å². The highest BCUT2D eigenvalue weighted by Gasteiger charge is 2.14. The molecule has 1 aromatic heterocycles. The van der Waals surface area contributed by atoms with E-state index in [-0.39, 0.29) is 0 Å². The van der Waals surface area contributed by atoms with Crippen LogP contribution in [-0.2, 0) is 18.4 Å². The average molecular weight is 232 g/mol. The van der Waals surface area contributed by atoms with Crippen LogP contribution in [0.3, 0.4) is 0 Å². The molecule has 0 saturated heterocycles. The molecule has 84 valence electrons. The fourth-order valence-electron chi connectivity index (χ4n) is 1.21. The van der Waals surface area contributed by atoms with Gasteiger partial charge in [0.15, 0.2) is 0 Å². The Hall–Kier alpha value is -1.07. The highest BCUT2D eigenvalue weighted by Crippen LogP contribution is 2.18. The lowest BCUT2D eigenvalue weighted by Gasteiger charge is -2.09. The molecule has 0 bridgehead atoms. The minimum absolute atomic E-state index is 0.393. The SMILES string of the molecule is Cc1nn(C)c(CN[C@@H](C)C(=O)O)c1Cl. The van der Waals surface area contributed by atoms with Crippen LogP contribution >= 0.6 is 11.6 Å². The van der Waals surface area contributed by atoms with Crippen molar-refractivity contribution in [2.24, 2.45) is 7.05 Å². The summed E-state index contributed by atoms with van der Waals surface area (Å²) in [5.41, 5.74) is 1.54. The molecule has 0 aliphatic heterocycles. The summed E-state index contributed by atoms with van der Waals surface area (Å²) >= 11 is 6.01. The van der Waals surface area contributed by atoms with Crippen molar-refractivity contribution < 1.29 is 9.90 Å². The van der Waals surface area contributed by atoms with Gasteiger partial charge in [-0.1, -0.05) is 11.6 Å². The molecule has 0 aliphatic rings. The largest absolute Gasteiger partial charge is 0.480 e. The van der Waals surface area contributed by atoms with Gasteiger partial charge in [-0.15, -0.1) is 0 Å². The van der Waals surface area contributed by atoms with Gasteiger partial charge in [-0.25, -0.2) is 0 Å². The van der Waals surface area contributed by atoms with Gasteiger partial charge in [-0.2, -0.15) is 5.10 Å². The first kappa shape index (κ1) is 12.0. The van der Waals surface area contributed by atoms with E-state index in [0.717, 1.165) is 11.4 Å². The van der Waals surface area contributed by atoms with Crippen LogP contribution in [0.25, 0.3) is 0 Å². The Morgan fingerprint density at radius 1 is 1.73 bits per heavy atom. The molecule has 1 heterocycles. The van der Waals surface area contributed by atoms with E-state index < -0.39 is 12.0 Å². The molecular weight excluding hydrogens is 218 g/mol. The van der Waals surface area contributed by atoms with Gasteiger partial charge in [0.2, 0.25) is 0 Å². The number of hydrogen-bond acceptors (Lipinski definition) is 3. The zero-order chi connectivity index (χ0) is 11.6. The molecule has 0 aliphatic carbocycles. The predicted octanol–water partition coefficient (Wildman–Crippen LogP) is 0.945. The predicted molar refractivity (Wildman–Crippen MR) is 56.9 cm³/mol. The molecular formula is C9H14ClN3O2. The first-order valence-corrected chi connectivity index (χ1v) is 4.95. The van der Waals surface area contributed by atoms with Crippen LogP contribution in [0.15, 0.2) is 0 Å². The Bertz CT molecular complexity index is 376. The summed E-state index contributed by atoms with van der Waals surface area (Å²) in [5.74, 6) is -0.884. The van der Waals surface area contributed by atoms with Crippen LogP contribution in [0.2, 0.25) is 5.02 Å². The lowest BCUT2D eigenvalue weighted by molar-refractivity contribution is -0.139. The lowest BCUT2D eigenvalue weighted by atomic mass is 10.3. The summed E-state index contributed by atoms with van der Waals surface area (Å²) in [7, 11) is 1.78. The quantitative estimate of drug-likeness (QED) is 0.810. The second-order valence-electron chi connectivity index (χ2n) is 3.41. The highest BCUT2D eigenvalue weighted by atomic mass is 35.5. The molecule has 15 heavy (non-hydrogen) atoms. The molecule has 1 rings (SSSR count). The number of carbonyl (C=O) groups is 1. The first-order valence-electron chi connectivity index (χ1n) is 4.57. The van der Waals surface area contributed by atoms with Gasteiger partial charge in [0, 0.05) is 13.6 Å². The number of aromatic nitrogens is 2. The molecule has 1 aromatic rings. The van der Waals surface area contributed by atoms with E-state index in [1.165, 1.54) is 0 Å². The molecule has 6 heteroatoms. The van der Waals surface area contributed by atoms with Crippen molar-refractivity contribution in [1.29, 1.82) is 0 Å². The van der Waals surface area contributed by atoms with Crippen molar-refractivity contribution in [3.63, 3.8) is 0 Å². The standard InChI is InChI=1S/C9H14ClN3O2/c1-5-8(10)7(13(3)12-5)4-11-6(2)9(14)15/h6,11H,4H2,1-3H3,(H,14,15)/t6-/m0/s1. The number of aryl methyl sites for hydroxylation is 2. The van der Waals surface area contributed by atoms with Crippen LogP contribution in [0.5, 0.6) is 0 Å². The molecule has 0 unspecified atom stereocenters. The second kappa shape index (κ2) is 4.63. The summed E-state index contributed by atoms with van der Waals surface area (Å²) in [5, 5.41) is 16.3. The van der Waals surface area contributed by atoms with Crippen molar-refractivity contribution in [1.82, 2.24) is 15.1 Å². The number of hydrogen-bond donors (Lipinski definition) is 2. The number of nitrogens with one attached hydrogen (secondary N) is 1. The molecule has 0 amide bonds. The Balaban J connectivity index is 2.69. The molecule has 2 N–H and O–H groups in total. The lowest BCUT2D eigenvalue weighted by Crippen LogP contribution is -2.33. The van der Waals surface area contributed by atoms with E-state index in [4.69, 9.17) is 16.7 Å². The first-order chi connectivity index (χ1) is 6.93. The zero-order valence-corrected chi connectivity index (χ0v) is 9.67. The minimum Gasteiger partial charge on any atom is -0.480 e. The van der Waals surface area contributed by atoms with E-state index in [1.807, 2.05) is 6.92 Å². The normalized spacial score (nSPS) is 12.8. The van der Waals surface area contributed by atoms with Crippen LogP contribution < -0.4 is 5.32 Å². The third kappa shape index (κ3) is 2.70. The fourth-order valence-corrected chi connectivity index (χ4v) is 1.44. The molecule has 0 fully saturated rings. The summed E-state index contributed by atoms with van der Waals surface area (Å²) < 4.78 is 1.65. The van der Waals surface area contributed by atoms with Gasteiger partial charge in [0.25, 0.3) is 0 Å². The van der Waals surface area contributed by atoms with Crippen LogP contribution in [0, 0.1) is 6.92 Å². The molecule has 0 aromatic carbocycles. The van der Waals surface area contributed by atoms with Crippen molar-refractivity contribution in [3.8, 4) is 0 Å². The summed E-state index contributed by atoms with van der Waals surface area (Å²) in [6, 6.07) is -0.601. The van der Waals surface area contributed by atoms with E-state index in [9.17, 15) is 4.79 Å². The molecule has 0 radical (unpaired) electrons. The Morgan fingerprint density at radius 3 is 2.73 bits per heavy atom. The Labute approximate surface area is 93.0 Å². The number of aliphatic carboxylic acids is 1. The summed E-state index contributed by atoms with van der Waals surface area (Å²) in [4.78, 5) is 10.6. The molecule has 0 saturated carbocycles. The Kier molecular flexibility index (Phi) is 3.71. The van der Waals surface area contributed by atoms with Gasteiger partial charge >= 0.3 is 5.97 Å². The van der Waals surface area contributed by atoms with Crippen LogP contribution in [0.1, 0.15) is 18.3 Å². The third-order valence-corrected chi connectivity index (χ3v) is 2.70. The topological polar surface area (TPSA) is 67.2 Å². The maximum Gasteiger partial charge on any atom is 0.320 e. The van der Waals surface area contributed by atoms with Gasteiger partial charge < -0.3 is 5.11 Å². The second-order valence-corrected chi connectivity index (χ2v) is 3.79. The average Bonchev–Trinajstić information content (AvgIpc) is 2.38. The zero-order valence-electron chi connectivity index (χ0n) is 8.91. The van der Waals surface area contributed by atoms with Crippen molar-refractivity contribution in [2.75, 3.05) is 0 Å². The van der Waals surface area contributed by atoms with Crippen molar-refractivity contribution in [2.45, 2.75) is 26.4 Å². The summed E-state index contributed by atoms with van der Waals surface area (Å²) in [6.07, 6.45) is 0. The molecule has 0 spiro atoms. The van der Waals surface area contributed by atoms with E-state index in [0.29, 0.717) is 11.6 Å². The smallest absolute Gasteiger partial charge is 0.320 e. The minimum atomic E-state index is -0.884. The number of nitrogens with zero attached hydrogens (tertiary/aromatic N) is 2. The van der Waals surface area contributed by atoms with Gasteiger partial charge in [0.1, 0.15) is 6.04 Å². The number of carboxylic acid groups (broad SMARTS) is 1. The number of halogens is 1. The van der Waals surface area contributed by atoms with E-state index in [1.54, 1.807) is 18.7 Å². The maximum absolute atomic E-state index is 10.6. The summed E-state index contributed by atoms with van der Waals surface area (Å²) in [6.45, 7) is 3.79. The number of rotatable bonds is 4. The molecule has 5 nitrogen and oxygen atoms in total. The maximum atomic E-state index is 10.6. The third-order valence-electron chi connectivity index (χ3n) is 2.21. The highest BCUT2D eigenvalue weighted by molar-refractivity contribution is 6.31. The van der Waals surface area contributed by atoms with E-state index in [2.05, 4.69) is 10.4 Å². The van der Waals surface area contributed by atoms with E-state index >= 15 is 0 Å². The van der Waals surface area contributed by atoms with Gasteiger partial charge in [-0.3, -0.25) is 14.8 Å². The van der Waals surface area contributed by atoms with Crippen molar-refractivity contribution in [3.05, 3.63) is 16.4 Å². The number of carboxylic acids is 1. The van der Waals surface area contributed by atoms with Crippen LogP contribution in [-0.4, -0.2) is 26.9 Å².